The summed E-state index contributed by atoms with van der Waals surface area (Å²) in [7, 11) is -1.32. The van der Waals surface area contributed by atoms with Crippen LogP contribution in [-0.2, 0) is 9.16 Å². The van der Waals surface area contributed by atoms with Crippen LogP contribution in [0.4, 0.5) is 0 Å². The summed E-state index contributed by atoms with van der Waals surface area (Å²) in [6, 6.07) is 8.94. The fourth-order valence-electron chi connectivity index (χ4n) is 3.39. The van der Waals surface area contributed by atoms with Crippen LogP contribution < -0.4 is 0 Å². The molecule has 2 rings (SSSR count). The number of esters is 1. The van der Waals surface area contributed by atoms with Crippen molar-refractivity contribution < 1.29 is 19.1 Å². The van der Waals surface area contributed by atoms with Gasteiger partial charge in [-0.05, 0) is 36.2 Å². The molecule has 0 radical (unpaired) electrons. The van der Waals surface area contributed by atoms with E-state index < -0.39 is 21.2 Å². The zero-order valence-corrected chi connectivity index (χ0v) is 17.0. The Morgan fingerprint density at radius 3 is 2.40 bits per heavy atom. The molecule has 138 valence electrons. The molecule has 0 spiro atoms. The molecule has 1 aliphatic rings. The largest absolute Gasteiger partial charge is 0.458 e. The van der Waals surface area contributed by atoms with Crippen molar-refractivity contribution in [3.63, 3.8) is 0 Å². The minimum absolute atomic E-state index is 0.141. The van der Waals surface area contributed by atoms with E-state index in [1.54, 1.807) is 12.1 Å². The molecule has 0 aliphatic heterocycles. The van der Waals surface area contributed by atoms with Crippen LogP contribution in [0.1, 0.15) is 37.6 Å². The molecule has 1 fully saturated rings. The van der Waals surface area contributed by atoms with Gasteiger partial charge >= 0.3 is 5.97 Å². The molecule has 25 heavy (non-hydrogen) atoms. The third kappa shape index (κ3) is 4.81. The number of benzene rings is 1. The monoisotopic (exact) mass is 362 g/mol. The lowest BCUT2D eigenvalue weighted by atomic mass is 9.78. The Bertz CT molecular complexity index is 606. The zero-order valence-electron chi connectivity index (χ0n) is 15.9. The molecule has 5 heteroatoms. The lowest BCUT2D eigenvalue weighted by Gasteiger charge is -2.39. The lowest BCUT2D eigenvalue weighted by molar-refractivity contribution is -0.0229. The van der Waals surface area contributed by atoms with Gasteiger partial charge in [-0.2, -0.15) is 0 Å². The molecule has 1 aliphatic carbocycles. The highest BCUT2D eigenvalue weighted by atomic mass is 28.3. The van der Waals surface area contributed by atoms with Crippen LogP contribution in [0, 0.1) is 11.3 Å². The fourth-order valence-corrected chi connectivity index (χ4v) is 4.55. The number of hydrogen-bond acceptors (Lipinski definition) is 4. The third-order valence-electron chi connectivity index (χ3n) is 4.58. The van der Waals surface area contributed by atoms with Crippen LogP contribution in [0.5, 0.6) is 0 Å². The molecule has 0 aromatic heterocycles. The molecule has 0 amide bonds. The molecule has 1 aromatic rings. The second-order valence-corrected chi connectivity index (χ2v) is 10.5. The van der Waals surface area contributed by atoms with Gasteiger partial charge < -0.3 is 14.3 Å². The first-order valence-electron chi connectivity index (χ1n) is 8.89. The number of aliphatic hydroxyl groups is 1. The van der Waals surface area contributed by atoms with Crippen LogP contribution in [0.25, 0.3) is 0 Å². The maximum absolute atomic E-state index is 12.5. The van der Waals surface area contributed by atoms with E-state index in [1.165, 1.54) is 0 Å². The number of aliphatic hydroxyl groups excluding tert-OH is 1. The molecular formula is C20H30O4Si. The standard InChI is InChI=1S/C20H30O4Si/c1-13-15(21)12-16(23-19(22)14-10-8-7-9-11-14)17(13)18(20(2,3)4)24-25(5)6/h7-11,15-18,21,25H,1,12H2,2-6H3/t15-,16+,17-,18?/m1/s1. The van der Waals surface area contributed by atoms with E-state index >= 15 is 0 Å². The Morgan fingerprint density at radius 1 is 1.28 bits per heavy atom. The van der Waals surface area contributed by atoms with E-state index in [2.05, 4.69) is 40.4 Å². The Kier molecular flexibility index (Phi) is 6.24. The molecule has 1 N–H and O–H groups in total. The summed E-state index contributed by atoms with van der Waals surface area (Å²) in [6.07, 6.45) is -0.858. The molecule has 1 saturated carbocycles. The molecular weight excluding hydrogens is 332 g/mol. The Labute approximate surface area is 152 Å². The first-order valence-corrected chi connectivity index (χ1v) is 11.7. The summed E-state index contributed by atoms with van der Waals surface area (Å²) in [5.74, 6) is -0.565. The van der Waals surface area contributed by atoms with Crippen LogP contribution in [-0.4, -0.2) is 38.4 Å². The van der Waals surface area contributed by atoms with Gasteiger partial charge in [0.05, 0.1) is 17.8 Å². The maximum atomic E-state index is 12.5. The minimum atomic E-state index is -1.32. The van der Waals surface area contributed by atoms with E-state index in [9.17, 15) is 9.90 Å². The maximum Gasteiger partial charge on any atom is 0.338 e. The van der Waals surface area contributed by atoms with Crippen molar-refractivity contribution in [2.24, 2.45) is 11.3 Å². The van der Waals surface area contributed by atoms with Gasteiger partial charge in [-0.3, -0.25) is 0 Å². The highest BCUT2D eigenvalue weighted by Crippen LogP contribution is 2.42. The second-order valence-electron chi connectivity index (χ2n) is 8.13. The quantitative estimate of drug-likeness (QED) is 0.494. The van der Waals surface area contributed by atoms with E-state index in [-0.39, 0.29) is 23.4 Å². The van der Waals surface area contributed by atoms with E-state index in [0.29, 0.717) is 17.6 Å². The van der Waals surface area contributed by atoms with E-state index in [4.69, 9.17) is 9.16 Å². The first-order chi connectivity index (χ1) is 11.6. The molecule has 1 unspecified atom stereocenters. The van der Waals surface area contributed by atoms with Crippen molar-refractivity contribution in [3.8, 4) is 0 Å². The summed E-state index contributed by atoms with van der Waals surface area (Å²) in [5.41, 5.74) is 1.08. The summed E-state index contributed by atoms with van der Waals surface area (Å²) in [5, 5.41) is 10.3. The topological polar surface area (TPSA) is 55.8 Å². The Hall–Kier alpha value is -1.43. The Balaban J connectivity index is 2.26. The smallest absolute Gasteiger partial charge is 0.338 e. The van der Waals surface area contributed by atoms with Crippen LogP contribution in [0.15, 0.2) is 42.5 Å². The van der Waals surface area contributed by atoms with E-state index in [1.807, 2.05) is 18.2 Å². The van der Waals surface area contributed by atoms with Gasteiger partial charge in [-0.1, -0.05) is 45.5 Å². The molecule has 0 heterocycles. The summed E-state index contributed by atoms with van der Waals surface area (Å²) >= 11 is 0. The fraction of sp³-hybridized carbons (Fsp3) is 0.550. The predicted molar refractivity (Wildman–Crippen MR) is 102 cm³/mol. The number of rotatable bonds is 5. The van der Waals surface area contributed by atoms with Crippen molar-refractivity contribution in [1.82, 2.24) is 0 Å². The van der Waals surface area contributed by atoms with Gasteiger partial charge in [0.15, 0.2) is 9.04 Å². The van der Waals surface area contributed by atoms with Crippen molar-refractivity contribution in [1.29, 1.82) is 0 Å². The molecule has 4 nitrogen and oxygen atoms in total. The molecule has 0 saturated heterocycles. The highest BCUT2D eigenvalue weighted by Gasteiger charge is 2.48. The third-order valence-corrected chi connectivity index (χ3v) is 5.42. The highest BCUT2D eigenvalue weighted by molar-refractivity contribution is 6.48. The molecule has 4 atom stereocenters. The summed E-state index contributed by atoms with van der Waals surface area (Å²) < 4.78 is 12.1. The van der Waals surface area contributed by atoms with Gasteiger partial charge in [0.1, 0.15) is 6.10 Å². The van der Waals surface area contributed by atoms with Crippen LogP contribution in [0.2, 0.25) is 13.1 Å². The van der Waals surface area contributed by atoms with Crippen LogP contribution in [0.3, 0.4) is 0 Å². The minimum Gasteiger partial charge on any atom is -0.458 e. The van der Waals surface area contributed by atoms with Gasteiger partial charge in [0, 0.05) is 12.3 Å². The SMILES string of the molecule is C=C1[C@H](O)C[C@H](OC(=O)c2ccccc2)[C@@H]1C(O[SiH](C)C)C(C)(C)C. The first kappa shape index (κ1) is 19.9. The molecule has 0 bridgehead atoms. The average Bonchev–Trinajstić information content (AvgIpc) is 2.79. The second kappa shape index (κ2) is 7.85. The van der Waals surface area contributed by atoms with Gasteiger partial charge in [0.25, 0.3) is 0 Å². The number of carbonyl (C=O) groups excluding carboxylic acids is 1. The lowest BCUT2D eigenvalue weighted by Crippen LogP contribution is -2.44. The summed E-state index contributed by atoms with van der Waals surface area (Å²) in [4.78, 5) is 12.5. The van der Waals surface area contributed by atoms with E-state index in [0.717, 1.165) is 0 Å². The summed E-state index contributed by atoms with van der Waals surface area (Å²) in [6.45, 7) is 14.7. The van der Waals surface area contributed by atoms with Gasteiger partial charge in [0.2, 0.25) is 0 Å². The molecule has 1 aromatic carbocycles. The van der Waals surface area contributed by atoms with Crippen molar-refractivity contribution in [3.05, 3.63) is 48.0 Å². The average molecular weight is 363 g/mol. The Morgan fingerprint density at radius 2 is 1.88 bits per heavy atom. The predicted octanol–water partition coefficient (Wildman–Crippen LogP) is 3.56. The van der Waals surface area contributed by atoms with Gasteiger partial charge in [-0.15, -0.1) is 0 Å². The normalized spacial score (nSPS) is 25.2. The van der Waals surface area contributed by atoms with Crippen molar-refractivity contribution in [2.75, 3.05) is 0 Å². The number of hydrogen-bond donors (Lipinski definition) is 1. The van der Waals surface area contributed by atoms with Crippen molar-refractivity contribution >= 4 is 15.0 Å². The zero-order chi connectivity index (χ0) is 18.8. The number of ether oxygens (including phenoxy) is 1. The van der Waals surface area contributed by atoms with Gasteiger partial charge in [-0.25, -0.2) is 4.79 Å². The van der Waals surface area contributed by atoms with Crippen molar-refractivity contribution in [2.45, 2.75) is 58.6 Å². The van der Waals surface area contributed by atoms with Crippen LogP contribution >= 0.6 is 0 Å². The number of carbonyl (C=O) groups is 1.